The summed E-state index contributed by atoms with van der Waals surface area (Å²) in [5, 5.41) is 3.20. The molecule has 100 valence electrons. The largest absolute Gasteiger partial charge is 0.344 e. The second-order valence-electron chi connectivity index (χ2n) is 5.52. The number of pyridine rings is 1. The highest BCUT2D eigenvalue weighted by atomic mass is 16.2. The zero-order chi connectivity index (χ0) is 13.6. The van der Waals surface area contributed by atoms with Crippen LogP contribution in [0.5, 0.6) is 0 Å². The van der Waals surface area contributed by atoms with Crippen molar-refractivity contribution in [3.05, 3.63) is 30.1 Å². The number of carbonyl (C=O) groups excluding carboxylic acids is 1. The van der Waals surface area contributed by atoms with E-state index in [1.54, 1.807) is 17.3 Å². The van der Waals surface area contributed by atoms with E-state index in [-0.39, 0.29) is 11.4 Å². The number of carbonyl (C=O) groups is 1. The van der Waals surface area contributed by atoms with E-state index in [0.717, 1.165) is 13.0 Å². The molecule has 0 saturated heterocycles. The van der Waals surface area contributed by atoms with E-state index in [1.165, 1.54) is 5.56 Å². The minimum Gasteiger partial charge on any atom is -0.344 e. The fraction of sp³-hybridized carbons (Fsp3) is 0.571. The van der Waals surface area contributed by atoms with Crippen LogP contribution in [0.15, 0.2) is 24.5 Å². The van der Waals surface area contributed by atoms with E-state index >= 15 is 0 Å². The minimum atomic E-state index is -0.0262. The summed E-state index contributed by atoms with van der Waals surface area (Å²) < 4.78 is 0. The maximum Gasteiger partial charge on any atom is 0.236 e. The van der Waals surface area contributed by atoms with Crippen molar-refractivity contribution in [3.63, 3.8) is 0 Å². The zero-order valence-corrected chi connectivity index (χ0v) is 11.7. The summed E-state index contributed by atoms with van der Waals surface area (Å²) in [7, 11) is 1.84. The first-order chi connectivity index (χ1) is 8.38. The van der Waals surface area contributed by atoms with Crippen LogP contribution in [-0.2, 0) is 11.2 Å². The molecule has 0 unspecified atom stereocenters. The highest BCUT2D eigenvalue weighted by Crippen LogP contribution is 2.00. The van der Waals surface area contributed by atoms with Crippen molar-refractivity contribution < 1.29 is 4.79 Å². The molecule has 0 aliphatic rings. The van der Waals surface area contributed by atoms with Gasteiger partial charge in [-0.05, 0) is 44.9 Å². The van der Waals surface area contributed by atoms with Crippen molar-refractivity contribution in [2.24, 2.45) is 0 Å². The third kappa shape index (κ3) is 5.77. The van der Waals surface area contributed by atoms with E-state index in [1.807, 2.05) is 19.2 Å². The van der Waals surface area contributed by atoms with Crippen LogP contribution in [0.2, 0.25) is 0 Å². The van der Waals surface area contributed by atoms with E-state index in [0.29, 0.717) is 6.54 Å². The van der Waals surface area contributed by atoms with Crippen molar-refractivity contribution in [3.8, 4) is 0 Å². The van der Waals surface area contributed by atoms with Crippen molar-refractivity contribution >= 4 is 5.91 Å². The third-order valence-corrected chi connectivity index (χ3v) is 2.68. The Morgan fingerprint density at radius 3 is 2.50 bits per heavy atom. The third-order valence-electron chi connectivity index (χ3n) is 2.68. The number of hydrogen-bond donors (Lipinski definition) is 1. The number of likely N-dealkylation sites (N-methyl/N-ethyl adjacent to an activating group) is 1. The Balaban J connectivity index is 2.32. The van der Waals surface area contributed by atoms with E-state index in [2.05, 4.69) is 31.1 Å². The van der Waals surface area contributed by atoms with Crippen molar-refractivity contribution in [2.75, 3.05) is 20.1 Å². The number of hydrogen-bond acceptors (Lipinski definition) is 3. The molecule has 1 aromatic heterocycles. The molecule has 0 radical (unpaired) electrons. The highest BCUT2D eigenvalue weighted by Gasteiger charge is 2.13. The van der Waals surface area contributed by atoms with Gasteiger partial charge in [-0.1, -0.05) is 0 Å². The summed E-state index contributed by atoms with van der Waals surface area (Å²) in [6.45, 7) is 7.27. The lowest BCUT2D eigenvalue weighted by atomic mass is 10.1. The molecule has 0 aliphatic heterocycles. The Kier molecular flexibility index (Phi) is 5.28. The van der Waals surface area contributed by atoms with Crippen molar-refractivity contribution in [2.45, 2.75) is 32.7 Å². The van der Waals surface area contributed by atoms with Crippen LogP contribution in [0.3, 0.4) is 0 Å². The second-order valence-corrected chi connectivity index (χ2v) is 5.52. The summed E-state index contributed by atoms with van der Waals surface area (Å²) in [5.41, 5.74) is 1.18. The molecule has 1 rings (SSSR count). The molecule has 0 aliphatic carbocycles. The average molecular weight is 249 g/mol. The molecular formula is C14H23N3O. The van der Waals surface area contributed by atoms with Crippen LogP contribution in [-0.4, -0.2) is 41.5 Å². The SMILES string of the molecule is CN(CCc1ccncc1)C(=O)CNC(C)(C)C. The standard InChI is InChI=1S/C14H23N3O/c1-14(2,3)16-11-13(18)17(4)10-7-12-5-8-15-9-6-12/h5-6,8-9,16H,7,10-11H2,1-4H3. The quantitative estimate of drug-likeness (QED) is 0.859. The maximum absolute atomic E-state index is 11.9. The van der Waals surface area contributed by atoms with Gasteiger partial charge in [-0.15, -0.1) is 0 Å². The van der Waals surface area contributed by atoms with Gasteiger partial charge in [-0.3, -0.25) is 9.78 Å². The molecule has 1 heterocycles. The first kappa shape index (κ1) is 14.6. The van der Waals surface area contributed by atoms with Gasteiger partial charge in [0.25, 0.3) is 0 Å². The summed E-state index contributed by atoms with van der Waals surface area (Å²) in [5.74, 6) is 0.124. The lowest BCUT2D eigenvalue weighted by molar-refractivity contribution is -0.129. The molecule has 4 heteroatoms. The highest BCUT2D eigenvalue weighted by molar-refractivity contribution is 5.78. The lowest BCUT2D eigenvalue weighted by Crippen LogP contribution is -2.44. The zero-order valence-electron chi connectivity index (χ0n) is 11.7. The number of aromatic nitrogens is 1. The normalized spacial score (nSPS) is 11.3. The molecular weight excluding hydrogens is 226 g/mol. The predicted octanol–water partition coefficient (Wildman–Crippen LogP) is 1.47. The van der Waals surface area contributed by atoms with Crippen LogP contribution in [0.25, 0.3) is 0 Å². The smallest absolute Gasteiger partial charge is 0.236 e. The number of nitrogens with one attached hydrogen (secondary N) is 1. The van der Waals surface area contributed by atoms with Crippen LogP contribution in [0, 0.1) is 0 Å². The maximum atomic E-state index is 11.9. The Hall–Kier alpha value is -1.42. The molecule has 0 bridgehead atoms. The molecule has 0 atom stereocenters. The van der Waals surface area contributed by atoms with E-state index < -0.39 is 0 Å². The van der Waals surface area contributed by atoms with Crippen LogP contribution in [0.4, 0.5) is 0 Å². The molecule has 0 fully saturated rings. The molecule has 1 aromatic rings. The lowest BCUT2D eigenvalue weighted by Gasteiger charge is -2.23. The van der Waals surface area contributed by atoms with Gasteiger partial charge in [0.15, 0.2) is 0 Å². The summed E-state index contributed by atoms with van der Waals surface area (Å²) in [4.78, 5) is 17.6. The topological polar surface area (TPSA) is 45.2 Å². The number of amides is 1. The van der Waals surface area contributed by atoms with Gasteiger partial charge in [-0.2, -0.15) is 0 Å². The Labute approximate surface area is 109 Å². The van der Waals surface area contributed by atoms with Gasteiger partial charge in [0.1, 0.15) is 0 Å². The Bertz CT molecular complexity index is 370. The number of nitrogens with zero attached hydrogens (tertiary/aromatic N) is 2. The summed E-state index contributed by atoms with van der Waals surface area (Å²) in [6.07, 6.45) is 4.41. The van der Waals surface area contributed by atoms with Gasteiger partial charge < -0.3 is 10.2 Å². The molecule has 18 heavy (non-hydrogen) atoms. The molecule has 0 saturated carbocycles. The fourth-order valence-corrected chi connectivity index (χ4v) is 1.45. The second kappa shape index (κ2) is 6.50. The fourth-order valence-electron chi connectivity index (χ4n) is 1.45. The van der Waals surface area contributed by atoms with E-state index in [9.17, 15) is 4.79 Å². The molecule has 4 nitrogen and oxygen atoms in total. The first-order valence-corrected chi connectivity index (χ1v) is 6.26. The van der Waals surface area contributed by atoms with Gasteiger partial charge in [-0.25, -0.2) is 0 Å². The number of rotatable bonds is 5. The molecule has 0 aromatic carbocycles. The van der Waals surface area contributed by atoms with Crippen LogP contribution >= 0.6 is 0 Å². The Morgan fingerprint density at radius 2 is 1.94 bits per heavy atom. The minimum absolute atomic E-state index is 0.0262. The Morgan fingerprint density at radius 1 is 1.33 bits per heavy atom. The van der Waals surface area contributed by atoms with Crippen molar-refractivity contribution in [1.82, 2.24) is 15.2 Å². The molecule has 1 N–H and O–H groups in total. The van der Waals surface area contributed by atoms with Gasteiger partial charge >= 0.3 is 0 Å². The van der Waals surface area contributed by atoms with Gasteiger partial charge in [0, 0.05) is 31.5 Å². The summed E-state index contributed by atoms with van der Waals surface area (Å²) >= 11 is 0. The van der Waals surface area contributed by atoms with E-state index in [4.69, 9.17) is 0 Å². The van der Waals surface area contributed by atoms with Gasteiger partial charge in [0.2, 0.25) is 5.91 Å². The first-order valence-electron chi connectivity index (χ1n) is 6.26. The monoisotopic (exact) mass is 249 g/mol. The molecule has 1 amide bonds. The van der Waals surface area contributed by atoms with Crippen LogP contribution < -0.4 is 5.32 Å². The van der Waals surface area contributed by atoms with Gasteiger partial charge in [0.05, 0.1) is 6.54 Å². The molecule has 0 spiro atoms. The average Bonchev–Trinajstić information content (AvgIpc) is 2.33. The predicted molar refractivity (Wildman–Crippen MR) is 73.3 cm³/mol. The van der Waals surface area contributed by atoms with Crippen molar-refractivity contribution in [1.29, 1.82) is 0 Å². The van der Waals surface area contributed by atoms with Crippen LogP contribution in [0.1, 0.15) is 26.3 Å². The summed E-state index contributed by atoms with van der Waals surface area (Å²) in [6, 6.07) is 3.96.